The number of amides is 2. The zero-order chi connectivity index (χ0) is 24.5. The third-order valence-electron chi connectivity index (χ3n) is 5.66. The maximum absolute atomic E-state index is 12.6. The first kappa shape index (κ1) is 25.0. The van der Waals surface area contributed by atoms with Crippen LogP contribution < -0.4 is 10.6 Å². The Labute approximate surface area is 199 Å². The van der Waals surface area contributed by atoms with Gasteiger partial charge in [0, 0.05) is 19.1 Å². The summed E-state index contributed by atoms with van der Waals surface area (Å²) in [5.41, 5.74) is 4.44. The summed E-state index contributed by atoms with van der Waals surface area (Å²) in [6.07, 6.45) is 0.0978. The van der Waals surface area contributed by atoms with E-state index >= 15 is 0 Å². The van der Waals surface area contributed by atoms with Gasteiger partial charge in [-0.25, -0.2) is 4.79 Å². The maximum Gasteiger partial charge on any atom is 0.407 e. The summed E-state index contributed by atoms with van der Waals surface area (Å²) in [7, 11) is 0. The van der Waals surface area contributed by atoms with Crippen LogP contribution in [0.1, 0.15) is 36.8 Å². The third kappa shape index (κ3) is 6.23. The SMILES string of the molecule is C=CCC(NC(=O)OCC1c2ccccc2-c2ccccc21)C(=O)NCC(CC(=O)O)OCC. The molecule has 2 atom stereocenters. The highest BCUT2D eigenvalue weighted by molar-refractivity contribution is 5.86. The van der Waals surface area contributed by atoms with Gasteiger partial charge >= 0.3 is 12.1 Å². The molecule has 0 radical (unpaired) electrons. The Morgan fingerprint density at radius 1 is 1.09 bits per heavy atom. The van der Waals surface area contributed by atoms with Crippen molar-refractivity contribution in [1.82, 2.24) is 10.6 Å². The fourth-order valence-electron chi connectivity index (χ4n) is 4.14. The molecule has 0 fully saturated rings. The van der Waals surface area contributed by atoms with Crippen molar-refractivity contribution in [3.8, 4) is 11.1 Å². The van der Waals surface area contributed by atoms with Crippen molar-refractivity contribution in [2.45, 2.75) is 37.8 Å². The van der Waals surface area contributed by atoms with E-state index in [1.165, 1.54) is 6.08 Å². The predicted octanol–water partition coefficient (Wildman–Crippen LogP) is 3.47. The molecule has 0 aliphatic heterocycles. The number of hydrogen-bond acceptors (Lipinski definition) is 5. The monoisotopic (exact) mass is 466 g/mol. The van der Waals surface area contributed by atoms with E-state index in [1.54, 1.807) is 6.92 Å². The van der Waals surface area contributed by atoms with Crippen molar-refractivity contribution in [2.24, 2.45) is 0 Å². The van der Waals surface area contributed by atoms with E-state index < -0.39 is 30.1 Å². The molecule has 1 aliphatic rings. The van der Waals surface area contributed by atoms with Crippen molar-refractivity contribution < 1.29 is 29.0 Å². The number of fused-ring (bicyclic) bond motifs is 3. The third-order valence-corrected chi connectivity index (χ3v) is 5.66. The van der Waals surface area contributed by atoms with Gasteiger partial charge in [-0.05, 0) is 35.6 Å². The van der Waals surface area contributed by atoms with Gasteiger partial charge in [0.1, 0.15) is 12.6 Å². The van der Waals surface area contributed by atoms with Crippen LogP contribution in [0.15, 0.2) is 61.2 Å². The number of benzene rings is 2. The Morgan fingerprint density at radius 2 is 1.71 bits per heavy atom. The number of carbonyl (C=O) groups is 3. The van der Waals surface area contributed by atoms with E-state index in [0.717, 1.165) is 22.3 Å². The molecule has 3 N–H and O–H groups in total. The molecule has 2 aromatic rings. The lowest BCUT2D eigenvalue weighted by molar-refractivity contribution is -0.140. The highest BCUT2D eigenvalue weighted by Crippen LogP contribution is 2.44. The number of ether oxygens (including phenoxy) is 2. The molecule has 2 unspecified atom stereocenters. The molecule has 0 saturated carbocycles. The second kappa shape index (κ2) is 12.0. The highest BCUT2D eigenvalue weighted by atomic mass is 16.5. The van der Waals surface area contributed by atoms with E-state index in [2.05, 4.69) is 29.3 Å². The molecule has 2 aromatic carbocycles. The molecule has 8 heteroatoms. The minimum Gasteiger partial charge on any atom is -0.481 e. The molecule has 0 bridgehead atoms. The molecule has 2 amide bonds. The van der Waals surface area contributed by atoms with Gasteiger partial charge in [0.05, 0.1) is 12.5 Å². The van der Waals surface area contributed by atoms with Crippen LogP contribution in [0.2, 0.25) is 0 Å². The molecular weight excluding hydrogens is 436 g/mol. The maximum atomic E-state index is 12.6. The summed E-state index contributed by atoms with van der Waals surface area (Å²) >= 11 is 0. The van der Waals surface area contributed by atoms with Crippen molar-refractivity contribution in [2.75, 3.05) is 19.8 Å². The Morgan fingerprint density at radius 3 is 2.26 bits per heavy atom. The number of aliphatic carboxylic acids is 1. The smallest absolute Gasteiger partial charge is 0.407 e. The minimum absolute atomic E-state index is 0.0129. The van der Waals surface area contributed by atoms with E-state index in [0.29, 0.717) is 6.61 Å². The summed E-state index contributed by atoms with van der Waals surface area (Å²) < 4.78 is 10.9. The number of hydrogen-bond donors (Lipinski definition) is 3. The standard InChI is InChI=1S/C26H30N2O6/c1-3-9-23(25(31)27-15-17(33-4-2)14-24(29)30)28-26(32)34-16-22-20-12-7-5-10-18(20)19-11-6-8-13-21(19)22/h3,5-8,10-13,17,22-23H,1,4,9,14-16H2,2H3,(H,27,31)(H,28,32)(H,29,30). The van der Waals surface area contributed by atoms with Crippen LogP contribution in [0.3, 0.4) is 0 Å². The first-order chi connectivity index (χ1) is 16.4. The Balaban J connectivity index is 1.58. The van der Waals surface area contributed by atoms with Crippen molar-refractivity contribution in [3.63, 3.8) is 0 Å². The van der Waals surface area contributed by atoms with Gasteiger partial charge in [-0.15, -0.1) is 6.58 Å². The van der Waals surface area contributed by atoms with E-state index in [9.17, 15) is 14.4 Å². The summed E-state index contributed by atoms with van der Waals surface area (Å²) in [4.78, 5) is 36.1. The number of nitrogens with one attached hydrogen (secondary N) is 2. The number of rotatable bonds is 12. The number of alkyl carbamates (subject to hydrolysis) is 1. The molecule has 34 heavy (non-hydrogen) atoms. The summed E-state index contributed by atoms with van der Waals surface area (Å²) in [5, 5.41) is 14.2. The molecule has 8 nitrogen and oxygen atoms in total. The van der Waals surface area contributed by atoms with Crippen LogP contribution in [0, 0.1) is 0 Å². The van der Waals surface area contributed by atoms with Gasteiger partial charge in [-0.2, -0.15) is 0 Å². The average Bonchev–Trinajstić information content (AvgIpc) is 3.14. The molecule has 0 spiro atoms. The van der Waals surface area contributed by atoms with Crippen LogP contribution in [-0.2, 0) is 19.1 Å². The van der Waals surface area contributed by atoms with E-state index in [-0.39, 0.29) is 31.9 Å². The fourth-order valence-corrected chi connectivity index (χ4v) is 4.14. The lowest BCUT2D eigenvalue weighted by atomic mass is 9.98. The minimum atomic E-state index is -1.02. The summed E-state index contributed by atoms with van der Waals surface area (Å²) in [5.74, 6) is -1.58. The predicted molar refractivity (Wildman–Crippen MR) is 127 cm³/mol. The number of carboxylic acids is 1. The molecule has 180 valence electrons. The lowest BCUT2D eigenvalue weighted by Gasteiger charge is -2.21. The lowest BCUT2D eigenvalue weighted by Crippen LogP contribution is -2.48. The van der Waals surface area contributed by atoms with Crippen molar-refractivity contribution in [3.05, 3.63) is 72.3 Å². The van der Waals surface area contributed by atoms with E-state index in [1.807, 2.05) is 36.4 Å². The highest BCUT2D eigenvalue weighted by Gasteiger charge is 2.29. The Kier molecular flexibility index (Phi) is 8.81. The number of carbonyl (C=O) groups excluding carboxylic acids is 2. The van der Waals surface area contributed by atoms with Crippen LogP contribution >= 0.6 is 0 Å². The fraction of sp³-hybridized carbons (Fsp3) is 0.346. The first-order valence-electron chi connectivity index (χ1n) is 11.3. The normalized spacial score (nSPS) is 13.8. The summed E-state index contributed by atoms with van der Waals surface area (Å²) in [6, 6.07) is 15.1. The molecule has 1 aliphatic carbocycles. The Bertz CT molecular complexity index is 992. The average molecular weight is 467 g/mol. The topological polar surface area (TPSA) is 114 Å². The molecule has 0 saturated heterocycles. The van der Waals surface area contributed by atoms with Crippen LogP contribution in [0.5, 0.6) is 0 Å². The van der Waals surface area contributed by atoms with Crippen LogP contribution in [-0.4, -0.2) is 55.0 Å². The van der Waals surface area contributed by atoms with Gasteiger partial charge < -0.3 is 25.2 Å². The van der Waals surface area contributed by atoms with Gasteiger partial charge in [0.2, 0.25) is 5.91 Å². The molecular formula is C26H30N2O6. The zero-order valence-electron chi connectivity index (χ0n) is 19.2. The molecule has 0 heterocycles. The zero-order valence-corrected chi connectivity index (χ0v) is 19.2. The Hall–Kier alpha value is -3.65. The van der Waals surface area contributed by atoms with Crippen LogP contribution in [0.25, 0.3) is 11.1 Å². The largest absolute Gasteiger partial charge is 0.481 e. The second-order valence-corrected chi connectivity index (χ2v) is 7.97. The van der Waals surface area contributed by atoms with Gasteiger partial charge in [0.25, 0.3) is 0 Å². The quantitative estimate of drug-likeness (QED) is 0.413. The summed E-state index contributed by atoms with van der Waals surface area (Å²) in [6.45, 7) is 5.85. The second-order valence-electron chi connectivity index (χ2n) is 7.97. The van der Waals surface area contributed by atoms with Crippen molar-refractivity contribution in [1.29, 1.82) is 0 Å². The van der Waals surface area contributed by atoms with Gasteiger partial charge in [0.15, 0.2) is 0 Å². The van der Waals surface area contributed by atoms with Gasteiger partial charge in [-0.1, -0.05) is 54.6 Å². The van der Waals surface area contributed by atoms with Crippen molar-refractivity contribution >= 4 is 18.0 Å². The first-order valence-corrected chi connectivity index (χ1v) is 11.3. The molecule has 0 aromatic heterocycles. The van der Waals surface area contributed by atoms with Crippen LogP contribution in [0.4, 0.5) is 4.79 Å². The van der Waals surface area contributed by atoms with Gasteiger partial charge in [-0.3, -0.25) is 9.59 Å². The number of carboxylic acid groups (broad SMARTS) is 1. The van der Waals surface area contributed by atoms with E-state index in [4.69, 9.17) is 14.6 Å². The molecule has 3 rings (SSSR count).